The van der Waals surface area contributed by atoms with E-state index in [2.05, 4.69) is 10.3 Å². The predicted molar refractivity (Wildman–Crippen MR) is 101 cm³/mol. The van der Waals surface area contributed by atoms with Crippen molar-refractivity contribution in [2.75, 3.05) is 5.32 Å². The molecule has 0 aliphatic heterocycles. The van der Waals surface area contributed by atoms with Crippen LogP contribution < -0.4 is 5.32 Å². The van der Waals surface area contributed by atoms with Gasteiger partial charge in [-0.2, -0.15) is 0 Å². The number of carbonyl (C=O) groups is 1. The maximum absolute atomic E-state index is 12.1. The molecular formula is C21H16N2O3. The largest absolute Gasteiger partial charge is 0.465 e. The van der Waals surface area contributed by atoms with Crippen molar-refractivity contribution in [2.24, 2.45) is 0 Å². The van der Waals surface area contributed by atoms with Crippen molar-refractivity contribution in [3.8, 4) is 11.5 Å². The molecule has 0 radical (unpaired) electrons. The number of aromatic nitrogens is 1. The van der Waals surface area contributed by atoms with E-state index in [1.54, 1.807) is 24.5 Å². The molecule has 2 heterocycles. The van der Waals surface area contributed by atoms with Crippen LogP contribution in [0.25, 0.3) is 28.6 Å². The van der Waals surface area contributed by atoms with Crippen LogP contribution in [0, 0.1) is 6.92 Å². The molecule has 0 atom stereocenters. The van der Waals surface area contributed by atoms with Crippen LogP contribution in [0.4, 0.5) is 5.69 Å². The minimum atomic E-state index is -0.244. The van der Waals surface area contributed by atoms with E-state index >= 15 is 0 Å². The second-order valence-corrected chi connectivity index (χ2v) is 5.91. The fourth-order valence-electron chi connectivity index (χ4n) is 2.62. The molecule has 1 N–H and O–H groups in total. The summed E-state index contributed by atoms with van der Waals surface area (Å²) >= 11 is 0. The molecule has 26 heavy (non-hydrogen) atoms. The molecule has 4 aromatic rings. The summed E-state index contributed by atoms with van der Waals surface area (Å²) in [5.74, 6) is 0.898. The van der Waals surface area contributed by atoms with Gasteiger partial charge in [-0.25, -0.2) is 4.98 Å². The van der Waals surface area contributed by atoms with Crippen LogP contribution in [0.15, 0.2) is 75.8 Å². The SMILES string of the molecule is Cc1ccc2oc(-c3cccc(NC(=O)C=Cc4ccco4)c3)nc2c1. The van der Waals surface area contributed by atoms with Gasteiger partial charge in [0.2, 0.25) is 11.8 Å². The molecule has 128 valence electrons. The molecule has 2 aromatic heterocycles. The molecule has 0 saturated heterocycles. The van der Waals surface area contributed by atoms with E-state index < -0.39 is 0 Å². The van der Waals surface area contributed by atoms with E-state index in [9.17, 15) is 4.79 Å². The topological polar surface area (TPSA) is 68.3 Å². The van der Waals surface area contributed by atoms with Crippen molar-refractivity contribution in [3.63, 3.8) is 0 Å². The first-order valence-corrected chi connectivity index (χ1v) is 8.17. The van der Waals surface area contributed by atoms with Crippen molar-refractivity contribution >= 4 is 28.8 Å². The third-order valence-corrected chi connectivity index (χ3v) is 3.86. The van der Waals surface area contributed by atoms with Crippen LogP contribution in [0.1, 0.15) is 11.3 Å². The molecule has 1 amide bonds. The van der Waals surface area contributed by atoms with E-state index in [0.717, 1.165) is 22.2 Å². The van der Waals surface area contributed by atoms with Gasteiger partial charge < -0.3 is 14.2 Å². The van der Waals surface area contributed by atoms with Crippen molar-refractivity contribution in [2.45, 2.75) is 6.92 Å². The van der Waals surface area contributed by atoms with Gasteiger partial charge in [0.15, 0.2) is 5.58 Å². The van der Waals surface area contributed by atoms with Crippen LogP contribution in [0.3, 0.4) is 0 Å². The molecule has 0 aliphatic rings. The number of benzene rings is 2. The number of nitrogens with zero attached hydrogens (tertiary/aromatic N) is 1. The van der Waals surface area contributed by atoms with Gasteiger partial charge in [0.05, 0.1) is 6.26 Å². The zero-order chi connectivity index (χ0) is 17.9. The Bertz CT molecular complexity index is 1090. The maximum Gasteiger partial charge on any atom is 0.248 e. The number of carbonyl (C=O) groups excluding carboxylic acids is 1. The van der Waals surface area contributed by atoms with Crippen molar-refractivity contribution in [1.29, 1.82) is 0 Å². The van der Waals surface area contributed by atoms with Crippen LogP contribution in [-0.4, -0.2) is 10.9 Å². The monoisotopic (exact) mass is 344 g/mol. The van der Waals surface area contributed by atoms with E-state index in [1.165, 1.54) is 6.08 Å². The lowest BCUT2D eigenvalue weighted by atomic mass is 10.2. The fraction of sp³-hybridized carbons (Fsp3) is 0.0476. The minimum absolute atomic E-state index is 0.244. The van der Waals surface area contributed by atoms with Gasteiger partial charge in [-0.05, 0) is 61.0 Å². The first-order chi connectivity index (χ1) is 12.7. The quantitative estimate of drug-likeness (QED) is 0.526. The molecule has 4 rings (SSSR count). The summed E-state index contributed by atoms with van der Waals surface area (Å²) in [6.45, 7) is 2.01. The van der Waals surface area contributed by atoms with Crippen LogP contribution in [-0.2, 0) is 4.79 Å². The van der Waals surface area contributed by atoms with Gasteiger partial charge in [-0.3, -0.25) is 4.79 Å². The number of aryl methyl sites for hydroxylation is 1. The average molecular weight is 344 g/mol. The maximum atomic E-state index is 12.1. The van der Waals surface area contributed by atoms with Crippen LogP contribution in [0.2, 0.25) is 0 Å². The van der Waals surface area contributed by atoms with E-state index in [0.29, 0.717) is 17.3 Å². The van der Waals surface area contributed by atoms with E-state index in [4.69, 9.17) is 8.83 Å². The Balaban J connectivity index is 1.54. The number of nitrogens with one attached hydrogen (secondary N) is 1. The fourth-order valence-corrected chi connectivity index (χ4v) is 2.62. The molecule has 5 heteroatoms. The van der Waals surface area contributed by atoms with Crippen LogP contribution in [0.5, 0.6) is 0 Å². The number of oxazole rings is 1. The molecule has 5 nitrogen and oxygen atoms in total. The number of anilines is 1. The highest BCUT2D eigenvalue weighted by molar-refractivity contribution is 6.02. The zero-order valence-electron chi connectivity index (χ0n) is 14.1. The highest BCUT2D eigenvalue weighted by Gasteiger charge is 2.09. The van der Waals surface area contributed by atoms with Crippen molar-refractivity contribution in [1.82, 2.24) is 4.98 Å². The molecule has 0 bridgehead atoms. The third-order valence-electron chi connectivity index (χ3n) is 3.86. The summed E-state index contributed by atoms with van der Waals surface area (Å²) in [5, 5.41) is 2.82. The summed E-state index contributed by atoms with van der Waals surface area (Å²) < 4.78 is 11.0. The van der Waals surface area contributed by atoms with Gasteiger partial charge in [0, 0.05) is 17.3 Å². The number of amides is 1. The predicted octanol–water partition coefficient (Wildman–Crippen LogP) is 5.05. The second kappa shape index (κ2) is 6.72. The summed E-state index contributed by atoms with van der Waals surface area (Å²) in [4.78, 5) is 16.6. The molecule has 0 fully saturated rings. The summed E-state index contributed by atoms with van der Waals surface area (Å²) in [6, 6.07) is 16.8. The zero-order valence-corrected chi connectivity index (χ0v) is 14.1. The number of rotatable bonds is 4. The first-order valence-electron chi connectivity index (χ1n) is 8.17. The lowest BCUT2D eigenvalue weighted by molar-refractivity contribution is -0.111. The molecular weight excluding hydrogens is 328 g/mol. The Morgan fingerprint density at radius 1 is 1.12 bits per heavy atom. The molecule has 2 aromatic carbocycles. The number of fused-ring (bicyclic) bond motifs is 1. The number of furan rings is 1. The highest BCUT2D eigenvalue weighted by Crippen LogP contribution is 2.26. The Morgan fingerprint density at radius 3 is 2.88 bits per heavy atom. The Morgan fingerprint density at radius 2 is 2.04 bits per heavy atom. The highest BCUT2D eigenvalue weighted by atomic mass is 16.3. The lowest BCUT2D eigenvalue weighted by Gasteiger charge is -2.03. The van der Waals surface area contributed by atoms with Crippen molar-refractivity contribution < 1.29 is 13.6 Å². The minimum Gasteiger partial charge on any atom is -0.465 e. The smallest absolute Gasteiger partial charge is 0.248 e. The van der Waals surface area contributed by atoms with Crippen molar-refractivity contribution in [3.05, 3.63) is 78.3 Å². The van der Waals surface area contributed by atoms with Crippen LogP contribution >= 0.6 is 0 Å². The van der Waals surface area contributed by atoms with E-state index in [-0.39, 0.29) is 5.91 Å². The van der Waals surface area contributed by atoms with E-state index in [1.807, 2.05) is 49.4 Å². The molecule has 0 saturated carbocycles. The van der Waals surface area contributed by atoms with Gasteiger partial charge in [0.25, 0.3) is 0 Å². The lowest BCUT2D eigenvalue weighted by Crippen LogP contribution is -2.07. The number of hydrogen-bond donors (Lipinski definition) is 1. The first kappa shape index (κ1) is 15.9. The number of hydrogen-bond acceptors (Lipinski definition) is 4. The second-order valence-electron chi connectivity index (χ2n) is 5.91. The molecule has 0 spiro atoms. The van der Waals surface area contributed by atoms with Gasteiger partial charge in [-0.1, -0.05) is 12.1 Å². The summed E-state index contributed by atoms with van der Waals surface area (Å²) in [5.41, 5.74) is 4.14. The van der Waals surface area contributed by atoms with Gasteiger partial charge >= 0.3 is 0 Å². The van der Waals surface area contributed by atoms with Gasteiger partial charge in [-0.15, -0.1) is 0 Å². The standard InChI is InChI=1S/C21H16N2O3/c1-14-7-9-19-18(12-14)23-21(26-19)15-4-2-5-16(13-15)22-20(24)10-8-17-6-3-11-25-17/h2-13H,1H3,(H,22,24). The normalized spacial score (nSPS) is 11.3. The Labute approximate surface area is 150 Å². The van der Waals surface area contributed by atoms with Gasteiger partial charge in [0.1, 0.15) is 11.3 Å². The average Bonchev–Trinajstić information content (AvgIpc) is 3.29. The Hall–Kier alpha value is -3.60. The summed E-state index contributed by atoms with van der Waals surface area (Å²) in [7, 11) is 0. The summed E-state index contributed by atoms with van der Waals surface area (Å²) in [6.07, 6.45) is 4.60. The Kier molecular flexibility index (Phi) is 4.11. The molecule has 0 unspecified atom stereocenters. The molecule has 0 aliphatic carbocycles. The third kappa shape index (κ3) is 3.42.